The molecule has 0 bridgehead atoms. The first-order valence-corrected chi connectivity index (χ1v) is 10.4. The molecular weight excluding hydrogens is 385 g/mol. The van der Waals surface area contributed by atoms with Gasteiger partial charge in [-0.05, 0) is 50.6 Å². The zero-order chi connectivity index (χ0) is 20.9. The van der Waals surface area contributed by atoms with Gasteiger partial charge in [-0.25, -0.2) is 9.37 Å². The van der Waals surface area contributed by atoms with Crippen LogP contribution in [0.2, 0.25) is 0 Å². The molecule has 2 aliphatic rings. The van der Waals surface area contributed by atoms with Gasteiger partial charge < -0.3 is 25.8 Å². The van der Waals surface area contributed by atoms with Crippen molar-refractivity contribution < 1.29 is 9.18 Å². The van der Waals surface area contributed by atoms with Crippen molar-refractivity contribution in [3.8, 4) is 0 Å². The number of piperazine rings is 1. The van der Waals surface area contributed by atoms with Gasteiger partial charge in [-0.2, -0.15) is 4.98 Å². The number of aromatic nitrogens is 2. The second kappa shape index (κ2) is 9.25. The van der Waals surface area contributed by atoms with Crippen LogP contribution in [0.4, 0.5) is 27.5 Å². The monoisotopic (exact) mass is 413 g/mol. The van der Waals surface area contributed by atoms with E-state index < -0.39 is 5.82 Å². The lowest BCUT2D eigenvalue weighted by Crippen LogP contribution is -2.44. The van der Waals surface area contributed by atoms with Crippen molar-refractivity contribution in [1.82, 2.24) is 20.2 Å². The summed E-state index contributed by atoms with van der Waals surface area (Å²) < 4.78 is 14.2. The number of rotatable bonds is 7. The van der Waals surface area contributed by atoms with E-state index in [9.17, 15) is 9.18 Å². The highest BCUT2D eigenvalue weighted by atomic mass is 19.1. The lowest BCUT2D eigenvalue weighted by molar-refractivity contribution is -0.110. The first-order valence-electron chi connectivity index (χ1n) is 10.4. The number of amides is 1. The van der Waals surface area contributed by atoms with Crippen molar-refractivity contribution in [3.63, 3.8) is 0 Å². The molecule has 2 aromatic rings. The van der Waals surface area contributed by atoms with E-state index in [0.29, 0.717) is 12.4 Å². The van der Waals surface area contributed by atoms with Crippen molar-refractivity contribution in [2.75, 3.05) is 48.8 Å². The maximum absolute atomic E-state index is 14.2. The maximum Gasteiger partial charge on any atom is 0.229 e. The van der Waals surface area contributed by atoms with Crippen molar-refractivity contribution in [2.24, 2.45) is 0 Å². The number of nitrogens with one attached hydrogen (secondary N) is 3. The van der Waals surface area contributed by atoms with Crippen LogP contribution < -0.4 is 20.9 Å². The van der Waals surface area contributed by atoms with Gasteiger partial charge in [-0.1, -0.05) is 0 Å². The third-order valence-electron chi connectivity index (χ3n) is 5.86. The second-order valence-corrected chi connectivity index (χ2v) is 7.93. The lowest BCUT2D eigenvalue weighted by atomic mass is 10.2. The van der Waals surface area contributed by atoms with E-state index in [2.05, 4.69) is 54.9 Å². The summed E-state index contributed by atoms with van der Waals surface area (Å²) in [6.45, 7) is 4.15. The zero-order valence-corrected chi connectivity index (χ0v) is 17.1. The quantitative estimate of drug-likeness (QED) is 0.600. The first-order chi connectivity index (χ1) is 14.6. The lowest BCUT2D eigenvalue weighted by Gasteiger charge is -2.34. The molecule has 2 fully saturated rings. The van der Waals surface area contributed by atoms with Crippen LogP contribution in [0.3, 0.4) is 0 Å². The molecule has 30 heavy (non-hydrogen) atoms. The molecule has 9 heteroatoms. The molecule has 2 atom stereocenters. The normalized spacial score (nSPS) is 22.0. The number of hydrogen-bond acceptors (Lipinski definition) is 7. The Morgan fingerprint density at radius 1 is 1.10 bits per heavy atom. The molecule has 1 saturated carbocycles. The molecule has 1 saturated heterocycles. The molecule has 8 nitrogen and oxygen atoms in total. The fourth-order valence-corrected chi connectivity index (χ4v) is 4.07. The smallest absolute Gasteiger partial charge is 0.229 e. The summed E-state index contributed by atoms with van der Waals surface area (Å²) in [5.74, 6) is -0.0435. The highest BCUT2D eigenvalue weighted by molar-refractivity contribution is 5.60. The van der Waals surface area contributed by atoms with Crippen LogP contribution in [-0.4, -0.2) is 66.6 Å². The molecule has 1 amide bonds. The predicted molar refractivity (Wildman–Crippen MR) is 116 cm³/mol. The van der Waals surface area contributed by atoms with Gasteiger partial charge in [0.15, 0.2) is 11.6 Å². The minimum absolute atomic E-state index is 0.0182. The van der Waals surface area contributed by atoms with Crippen LogP contribution >= 0.6 is 0 Å². The van der Waals surface area contributed by atoms with Crippen LogP contribution in [-0.2, 0) is 4.79 Å². The standard InChI is InChI=1S/C21H28FN7O/c1-28-9-11-29(12-10-28)16-7-5-15(6-8-16)25-21-23-13-17(22)20(27-21)26-19-4-2-3-18(19)24-14-30/h5-8,13-14,18-19H,2-4,9-12H2,1H3,(H,24,30)(H2,23,25,26,27). The summed E-state index contributed by atoms with van der Waals surface area (Å²) in [7, 11) is 2.14. The minimum atomic E-state index is -0.511. The van der Waals surface area contributed by atoms with E-state index in [1.807, 2.05) is 12.1 Å². The highest BCUT2D eigenvalue weighted by Crippen LogP contribution is 2.25. The van der Waals surface area contributed by atoms with E-state index in [1.54, 1.807) is 0 Å². The molecule has 1 aliphatic heterocycles. The number of carbonyl (C=O) groups excluding carboxylic acids is 1. The minimum Gasteiger partial charge on any atom is -0.369 e. The average Bonchev–Trinajstić information content (AvgIpc) is 3.19. The summed E-state index contributed by atoms with van der Waals surface area (Å²) in [6, 6.07) is 8.05. The molecule has 0 radical (unpaired) electrons. The topological polar surface area (TPSA) is 85.4 Å². The van der Waals surface area contributed by atoms with Gasteiger partial charge in [0.1, 0.15) is 0 Å². The molecule has 160 valence electrons. The largest absolute Gasteiger partial charge is 0.369 e. The van der Waals surface area contributed by atoms with Crippen molar-refractivity contribution >= 4 is 29.6 Å². The molecule has 1 aliphatic carbocycles. The predicted octanol–water partition coefficient (Wildman–Crippen LogP) is 2.19. The van der Waals surface area contributed by atoms with Gasteiger partial charge in [0, 0.05) is 49.6 Å². The average molecular weight is 414 g/mol. The van der Waals surface area contributed by atoms with Crippen molar-refractivity contribution in [1.29, 1.82) is 0 Å². The molecule has 0 spiro atoms. The van der Waals surface area contributed by atoms with Gasteiger partial charge in [0.25, 0.3) is 0 Å². The Bertz CT molecular complexity index is 855. The Morgan fingerprint density at radius 2 is 1.83 bits per heavy atom. The highest BCUT2D eigenvalue weighted by Gasteiger charge is 2.28. The molecule has 4 rings (SSSR count). The van der Waals surface area contributed by atoms with Gasteiger partial charge in [-0.15, -0.1) is 0 Å². The van der Waals surface area contributed by atoms with Crippen LogP contribution in [0.5, 0.6) is 0 Å². The third kappa shape index (κ3) is 4.79. The third-order valence-corrected chi connectivity index (χ3v) is 5.86. The Kier molecular flexibility index (Phi) is 6.27. The second-order valence-electron chi connectivity index (χ2n) is 7.93. The number of carbonyl (C=O) groups is 1. The van der Waals surface area contributed by atoms with Crippen LogP contribution in [0, 0.1) is 5.82 Å². The maximum atomic E-state index is 14.2. The summed E-state index contributed by atoms with van der Waals surface area (Å²) in [6.07, 6.45) is 4.55. The number of halogens is 1. The Labute approximate surface area is 175 Å². The summed E-state index contributed by atoms with van der Waals surface area (Å²) in [5, 5.41) is 9.06. The number of benzene rings is 1. The van der Waals surface area contributed by atoms with Crippen LogP contribution in [0.15, 0.2) is 30.5 Å². The Hall–Kier alpha value is -2.94. The molecule has 2 unspecified atom stereocenters. The SMILES string of the molecule is CN1CCN(c2ccc(Nc3ncc(F)c(NC4CCCC4NC=O)n3)cc2)CC1. The van der Waals surface area contributed by atoms with E-state index in [4.69, 9.17) is 0 Å². The van der Waals surface area contributed by atoms with Gasteiger partial charge in [-0.3, -0.25) is 4.79 Å². The summed E-state index contributed by atoms with van der Waals surface area (Å²) in [5.41, 5.74) is 2.03. The van der Waals surface area contributed by atoms with Gasteiger partial charge in [0.2, 0.25) is 12.4 Å². The molecular formula is C21H28FN7O. The van der Waals surface area contributed by atoms with Gasteiger partial charge in [0.05, 0.1) is 6.20 Å². The van der Waals surface area contributed by atoms with Crippen LogP contribution in [0.1, 0.15) is 19.3 Å². The van der Waals surface area contributed by atoms with Crippen molar-refractivity contribution in [3.05, 3.63) is 36.3 Å². The fourth-order valence-electron chi connectivity index (χ4n) is 4.07. The van der Waals surface area contributed by atoms with E-state index in [-0.39, 0.29) is 17.9 Å². The molecule has 3 N–H and O–H groups in total. The summed E-state index contributed by atoms with van der Waals surface area (Å²) >= 11 is 0. The fraction of sp³-hybridized carbons (Fsp3) is 0.476. The number of likely N-dealkylation sites (N-methyl/N-ethyl adjacent to an activating group) is 1. The zero-order valence-electron chi connectivity index (χ0n) is 17.1. The van der Waals surface area contributed by atoms with E-state index in [1.165, 1.54) is 5.69 Å². The Balaban J connectivity index is 1.41. The molecule has 1 aromatic heterocycles. The van der Waals surface area contributed by atoms with E-state index in [0.717, 1.165) is 57.3 Å². The number of nitrogens with zero attached hydrogens (tertiary/aromatic N) is 4. The Morgan fingerprint density at radius 3 is 2.57 bits per heavy atom. The van der Waals surface area contributed by atoms with Crippen LogP contribution in [0.25, 0.3) is 0 Å². The van der Waals surface area contributed by atoms with E-state index >= 15 is 0 Å². The molecule has 1 aromatic carbocycles. The van der Waals surface area contributed by atoms with Crippen molar-refractivity contribution in [2.45, 2.75) is 31.3 Å². The molecule has 2 heterocycles. The number of hydrogen-bond donors (Lipinski definition) is 3. The summed E-state index contributed by atoms with van der Waals surface area (Å²) in [4.78, 5) is 23.8. The number of anilines is 4. The first kappa shape index (κ1) is 20.3. The van der Waals surface area contributed by atoms with Gasteiger partial charge >= 0.3 is 0 Å².